The Morgan fingerprint density at radius 2 is 1.72 bits per heavy atom. The number of nitrogens with zero attached hydrogens (tertiary/aromatic N) is 3. The highest BCUT2D eigenvalue weighted by atomic mass is 16.5. The zero-order valence-electron chi connectivity index (χ0n) is 19.3. The summed E-state index contributed by atoms with van der Waals surface area (Å²) in [6.45, 7) is 0. The summed E-state index contributed by atoms with van der Waals surface area (Å²) in [6, 6.07) is 15.0. The number of anilines is 1. The van der Waals surface area contributed by atoms with Gasteiger partial charge in [-0.3, -0.25) is 9.88 Å². The number of rotatable bonds is 5. The lowest BCUT2D eigenvalue weighted by atomic mass is 9.80. The fourth-order valence-corrected chi connectivity index (χ4v) is 4.32. The fraction of sp³-hybridized carbons (Fsp3) is 0.115. The molecule has 2 heterocycles. The molecule has 0 bridgehead atoms. The van der Waals surface area contributed by atoms with E-state index in [4.69, 9.17) is 15.2 Å². The normalized spacial score (nSPS) is 15.5. The predicted molar refractivity (Wildman–Crippen MR) is 128 cm³/mol. The van der Waals surface area contributed by atoms with E-state index < -0.39 is 23.8 Å². The Kier molecular flexibility index (Phi) is 6.39. The van der Waals surface area contributed by atoms with Crippen molar-refractivity contribution in [3.05, 3.63) is 94.7 Å². The lowest BCUT2D eigenvalue weighted by Gasteiger charge is -2.36. The van der Waals surface area contributed by atoms with E-state index >= 15 is 0 Å². The molecule has 3 aromatic rings. The van der Waals surface area contributed by atoms with E-state index in [9.17, 15) is 24.8 Å². The third-order valence-electron chi connectivity index (χ3n) is 5.88. The molecule has 1 unspecified atom stereocenters. The highest BCUT2D eigenvalue weighted by molar-refractivity contribution is 6.11. The van der Waals surface area contributed by atoms with E-state index in [0.717, 1.165) is 14.2 Å². The molecule has 0 amide bonds. The first kappa shape index (κ1) is 24.0. The second kappa shape index (κ2) is 9.60. The van der Waals surface area contributed by atoms with E-state index in [-0.39, 0.29) is 33.9 Å². The van der Waals surface area contributed by atoms with Crippen LogP contribution < -0.4 is 10.6 Å². The van der Waals surface area contributed by atoms with Gasteiger partial charge in [-0.1, -0.05) is 30.3 Å². The molecule has 0 spiro atoms. The minimum absolute atomic E-state index is 0.00447. The monoisotopic (exact) mass is 484 g/mol. The van der Waals surface area contributed by atoms with Crippen LogP contribution in [0.5, 0.6) is 0 Å². The number of carboxylic acids is 1. The maximum atomic E-state index is 13.2. The van der Waals surface area contributed by atoms with Crippen molar-refractivity contribution < 1.29 is 29.0 Å². The Bertz CT molecular complexity index is 1500. The number of methoxy groups -OCH3 is 2. The van der Waals surface area contributed by atoms with Crippen molar-refractivity contribution in [1.29, 1.82) is 5.26 Å². The van der Waals surface area contributed by atoms with E-state index in [2.05, 4.69) is 11.1 Å². The molecule has 36 heavy (non-hydrogen) atoms. The highest BCUT2D eigenvalue weighted by Gasteiger charge is 2.43. The number of hydrogen-bond donors (Lipinski definition) is 2. The van der Waals surface area contributed by atoms with E-state index in [1.807, 2.05) is 0 Å². The molecule has 0 radical (unpaired) electrons. The van der Waals surface area contributed by atoms with Gasteiger partial charge < -0.3 is 20.3 Å². The molecule has 180 valence electrons. The first-order valence-electron chi connectivity index (χ1n) is 10.6. The maximum Gasteiger partial charge on any atom is 0.355 e. The number of nitriles is 1. The van der Waals surface area contributed by atoms with Crippen LogP contribution in [0.15, 0.2) is 83.6 Å². The van der Waals surface area contributed by atoms with E-state index in [1.165, 1.54) is 35.5 Å². The smallest absolute Gasteiger partial charge is 0.355 e. The van der Waals surface area contributed by atoms with Crippen molar-refractivity contribution in [1.82, 2.24) is 4.98 Å². The molecular weight excluding hydrogens is 464 g/mol. The zero-order valence-corrected chi connectivity index (χ0v) is 19.3. The lowest BCUT2D eigenvalue weighted by molar-refractivity contribution is -0.139. The molecule has 1 aliphatic rings. The van der Waals surface area contributed by atoms with Crippen LogP contribution in [0.3, 0.4) is 0 Å². The van der Waals surface area contributed by atoms with Gasteiger partial charge in [0.1, 0.15) is 11.5 Å². The lowest BCUT2D eigenvalue weighted by Crippen LogP contribution is -2.40. The van der Waals surface area contributed by atoms with Gasteiger partial charge >= 0.3 is 17.9 Å². The Labute approximate surface area is 205 Å². The number of carbonyl (C=O) groups excluding carboxylic acids is 2. The molecule has 2 aromatic carbocycles. The van der Waals surface area contributed by atoms with Crippen LogP contribution in [0.4, 0.5) is 5.69 Å². The average Bonchev–Trinajstić information content (AvgIpc) is 2.91. The minimum Gasteiger partial charge on any atom is -0.478 e. The highest BCUT2D eigenvalue weighted by Crippen LogP contribution is 2.44. The van der Waals surface area contributed by atoms with Gasteiger partial charge in [-0.05, 0) is 23.8 Å². The quantitative estimate of drug-likeness (QED) is 0.516. The zero-order chi connectivity index (χ0) is 26.0. The van der Waals surface area contributed by atoms with Crippen molar-refractivity contribution in [2.24, 2.45) is 5.73 Å². The SMILES string of the molecule is COC(=O)C1=C(C(=O)OC)N(c2ccc(C(=O)O)c3ccncc23)C(N)=C(C#N)C1c1ccccc1. The van der Waals surface area contributed by atoms with Crippen LogP contribution in [0.1, 0.15) is 21.8 Å². The first-order valence-corrected chi connectivity index (χ1v) is 10.6. The first-order chi connectivity index (χ1) is 17.3. The van der Waals surface area contributed by atoms with Crippen LogP contribution in [-0.2, 0) is 19.1 Å². The average molecular weight is 484 g/mol. The van der Waals surface area contributed by atoms with Crippen LogP contribution in [0, 0.1) is 11.3 Å². The predicted octanol–water partition coefficient (Wildman–Crippen LogP) is 2.83. The van der Waals surface area contributed by atoms with E-state index in [1.54, 1.807) is 30.3 Å². The van der Waals surface area contributed by atoms with Crippen molar-refractivity contribution >= 4 is 34.4 Å². The van der Waals surface area contributed by atoms with Gasteiger partial charge in [0.15, 0.2) is 0 Å². The van der Waals surface area contributed by atoms with Crippen molar-refractivity contribution in [3.8, 4) is 6.07 Å². The summed E-state index contributed by atoms with van der Waals surface area (Å²) in [4.78, 5) is 43.5. The van der Waals surface area contributed by atoms with Gasteiger partial charge in [-0.15, -0.1) is 0 Å². The number of hydrogen-bond acceptors (Lipinski definition) is 9. The number of benzene rings is 2. The molecule has 1 aromatic heterocycles. The molecule has 0 saturated carbocycles. The number of carboxylic acid groups (broad SMARTS) is 1. The van der Waals surface area contributed by atoms with Gasteiger partial charge in [0.25, 0.3) is 0 Å². The standard InChI is InChI=1S/C26H20N4O6/c1-35-25(33)21-20(14-6-4-3-5-7-14)17(12-27)23(28)30(22(21)26(34)36-2)19-9-8-16(24(31)32)15-10-11-29-13-18(15)19/h3-11,13,20H,28H2,1-2H3,(H,31,32). The topological polar surface area (TPSA) is 156 Å². The summed E-state index contributed by atoms with van der Waals surface area (Å²) in [5.74, 6) is -4.08. The second-order valence-corrected chi connectivity index (χ2v) is 7.69. The molecule has 0 fully saturated rings. The third kappa shape index (κ3) is 3.78. The van der Waals surface area contributed by atoms with Gasteiger partial charge in [-0.25, -0.2) is 14.4 Å². The van der Waals surface area contributed by atoms with Crippen molar-refractivity contribution in [2.75, 3.05) is 19.1 Å². The minimum atomic E-state index is -1.17. The summed E-state index contributed by atoms with van der Waals surface area (Å²) in [6.07, 6.45) is 2.84. The van der Waals surface area contributed by atoms with Crippen LogP contribution in [0.2, 0.25) is 0 Å². The Morgan fingerprint density at radius 1 is 1.03 bits per heavy atom. The second-order valence-electron chi connectivity index (χ2n) is 7.69. The molecular formula is C26H20N4O6. The Hall–Kier alpha value is -5.17. The number of pyridine rings is 1. The molecule has 0 saturated heterocycles. The number of aromatic nitrogens is 1. The maximum absolute atomic E-state index is 13.2. The van der Waals surface area contributed by atoms with Crippen LogP contribution >= 0.6 is 0 Å². The van der Waals surface area contributed by atoms with Gasteiger partial charge in [0.05, 0.1) is 48.6 Å². The largest absolute Gasteiger partial charge is 0.478 e. The molecule has 4 rings (SSSR count). The molecule has 0 aliphatic carbocycles. The van der Waals surface area contributed by atoms with E-state index in [0.29, 0.717) is 16.3 Å². The van der Waals surface area contributed by atoms with Crippen LogP contribution in [-0.4, -0.2) is 42.2 Å². The Balaban J connectivity index is 2.14. The summed E-state index contributed by atoms with van der Waals surface area (Å²) in [5.41, 5.74) is 6.85. The fourth-order valence-electron chi connectivity index (χ4n) is 4.32. The molecule has 10 heteroatoms. The number of aromatic carboxylic acids is 1. The van der Waals surface area contributed by atoms with Gasteiger partial charge in [0, 0.05) is 23.2 Å². The molecule has 1 aliphatic heterocycles. The Morgan fingerprint density at radius 3 is 2.33 bits per heavy atom. The number of allylic oxidation sites excluding steroid dienone is 1. The van der Waals surface area contributed by atoms with Crippen molar-refractivity contribution in [3.63, 3.8) is 0 Å². The number of nitrogens with two attached hydrogens (primary N) is 1. The number of ether oxygens (including phenoxy) is 2. The van der Waals surface area contributed by atoms with Crippen molar-refractivity contribution in [2.45, 2.75) is 5.92 Å². The molecule has 10 nitrogen and oxygen atoms in total. The summed E-state index contributed by atoms with van der Waals surface area (Å²) in [7, 11) is 2.30. The number of carbonyl (C=O) groups is 3. The summed E-state index contributed by atoms with van der Waals surface area (Å²) >= 11 is 0. The molecule has 3 N–H and O–H groups in total. The number of esters is 2. The van der Waals surface area contributed by atoms with Gasteiger partial charge in [-0.2, -0.15) is 5.26 Å². The third-order valence-corrected chi connectivity index (χ3v) is 5.88. The number of fused-ring (bicyclic) bond motifs is 1. The molecule has 1 atom stereocenters. The van der Waals surface area contributed by atoms with Gasteiger partial charge in [0.2, 0.25) is 0 Å². The summed E-state index contributed by atoms with van der Waals surface area (Å²) < 4.78 is 10.0. The van der Waals surface area contributed by atoms with Crippen LogP contribution in [0.25, 0.3) is 10.8 Å². The summed E-state index contributed by atoms with van der Waals surface area (Å²) in [5, 5.41) is 20.4.